The zero-order chi connectivity index (χ0) is 12.3. The summed E-state index contributed by atoms with van der Waals surface area (Å²) in [5, 5.41) is 12.8. The van der Waals surface area contributed by atoms with E-state index in [2.05, 4.69) is 5.32 Å². The van der Waals surface area contributed by atoms with Crippen LogP contribution in [-0.2, 0) is 0 Å². The Bertz CT molecular complexity index is 415. The van der Waals surface area contributed by atoms with Gasteiger partial charge in [0, 0.05) is 25.2 Å². The van der Waals surface area contributed by atoms with Gasteiger partial charge in [0.05, 0.1) is 5.02 Å². The van der Waals surface area contributed by atoms with Gasteiger partial charge in [0.2, 0.25) is 0 Å². The van der Waals surface area contributed by atoms with E-state index in [1.165, 1.54) is 12.1 Å². The third-order valence-corrected chi connectivity index (χ3v) is 3.12. The largest absolute Gasteiger partial charge is 0.506 e. The Labute approximate surface area is 105 Å². The number of phenolic OH excluding ortho intramolecular Hbond substituents is 1. The fraction of sp³-hybridized carbons (Fsp3) is 0.417. The molecule has 1 aliphatic rings. The molecular weight excluding hydrogens is 240 g/mol. The molecule has 1 aromatic rings. The van der Waals surface area contributed by atoms with Crippen LogP contribution in [0.5, 0.6) is 5.75 Å². The molecule has 1 aromatic carbocycles. The van der Waals surface area contributed by atoms with Gasteiger partial charge in [0.15, 0.2) is 0 Å². The number of rotatable bonds is 1. The number of hydrogen-bond donors (Lipinski definition) is 2. The third-order valence-electron chi connectivity index (χ3n) is 2.82. The summed E-state index contributed by atoms with van der Waals surface area (Å²) in [6.07, 6.45) is 0.956. The zero-order valence-electron chi connectivity index (χ0n) is 9.45. The van der Waals surface area contributed by atoms with Crippen molar-refractivity contribution in [1.29, 1.82) is 0 Å². The molecule has 1 saturated heterocycles. The molecule has 1 aliphatic heterocycles. The SMILES string of the molecule is O=C(c1ccc(O)c(Cl)c1)N1CCCNCC1. The normalized spacial score (nSPS) is 16.6. The highest BCUT2D eigenvalue weighted by Crippen LogP contribution is 2.24. The van der Waals surface area contributed by atoms with Crippen LogP contribution in [-0.4, -0.2) is 42.1 Å². The number of nitrogens with one attached hydrogen (secondary N) is 1. The predicted molar refractivity (Wildman–Crippen MR) is 66.5 cm³/mol. The van der Waals surface area contributed by atoms with Crippen LogP contribution >= 0.6 is 11.6 Å². The van der Waals surface area contributed by atoms with Crippen LogP contribution in [0.4, 0.5) is 0 Å². The Morgan fingerprint density at radius 3 is 2.94 bits per heavy atom. The molecule has 5 heteroatoms. The van der Waals surface area contributed by atoms with Crippen molar-refractivity contribution in [2.24, 2.45) is 0 Å². The van der Waals surface area contributed by atoms with Crippen molar-refractivity contribution in [2.75, 3.05) is 26.2 Å². The van der Waals surface area contributed by atoms with Crippen molar-refractivity contribution < 1.29 is 9.90 Å². The average molecular weight is 255 g/mol. The molecule has 1 amide bonds. The molecule has 1 fully saturated rings. The lowest BCUT2D eigenvalue weighted by Crippen LogP contribution is -2.34. The molecular formula is C12H15ClN2O2. The first kappa shape index (κ1) is 12.2. The number of halogens is 1. The molecule has 0 spiro atoms. The summed E-state index contributed by atoms with van der Waals surface area (Å²) >= 11 is 5.80. The van der Waals surface area contributed by atoms with E-state index in [4.69, 9.17) is 11.6 Å². The van der Waals surface area contributed by atoms with E-state index in [0.717, 1.165) is 26.1 Å². The number of carbonyl (C=O) groups is 1. The Balaban J connectivity index is 2.14. The molecule has 17 heavy (non-hydrogen) atoms. The number of carbonyl (C=O) groups excluding carboxylic acids is 1. The van der Waals surface area contributed by atoms with Crippen LogP contribution in [0.25, 0.3) is 0 Å². The quantitative estimate of drug-likeness (QED) is 0.798. The van der Waals surface area contributed by atoms with Crippen molar-refractivity contribution >= 4 is 17.5 Å². The molecule has 92 valence electrons. The van der Waals surface area contributed by atoms with Gasteiger partial charge in [-0.15, -0.1) is 0 Å². The number of nitrogens with zero attached hydrogens (tertiary/aromatic N) is 1. The third kappa shape index (κ3) is 2.90. The number of phenols is 1. The van der Waals surface area contributed by atoms with Crippen molar-refractivity contribution in [3.8, 4) is 5.75 Å². The van der Waals surface area contributed by atoms with E-state index in [1.54, 1.807) is 6.07 Å². The fourth-order valence-corrected chi connectivity index (χ4v) is 2.05. The van der Waals surface area contributed by atoms with Gasteiger partial charge in [0.25, 0.3) is 5.91 Å². The highest BCUT2D eigenvalue weighted by atomic mass is 35.5. The zero-order valence-corrected chi connectivity index (χ0v) is 10.2. The summed E-state index contributed by atoms with van der Waals surface area (Å²) in [5.41, 5.74) is 0.523. The van der Waals surface area contributed by atoms with Crippen LogP contribution in [0.15, 0.2) is 18.2 Å². The first-order valence-electron chi connectivity index (χ1n) is 5.67. The Morgan fingerprint density at radius 1 is 1.35 bits per heavy atom. The van der Waals surface area contributed by atoms with E-state index >= 15 is 0 Å². The van der Waals surface area contributed by atoms with Crippen LogP contribution in [0.2, 0.25) is 5.02 Å². The highest BCUT2D eigenvalue weighted by molar-refractivity contribution is 6.32. The summed E-state index contributed by atoms with van der Waals surface area (Å²) in [5.74, 6) is -0.0312. The van der Waals surface area contributed by atoms with Gasteiger partial charge in [-0.3, -0.25) is 4.79 Å². The van der Waals surface area contributed by atoms with E-state index in [0.29, 0.717) is 12.1 Å². The molecule has 4 nitrogen and oxygen atoms in total. The monoisotopic (exact) mass is 254 g/mol. The first-order chi connectivity index (χ1) is 8.18. The number of hydrogen-bond acceptors (Lipinski definition) is 3. The Hall–Kier alpha value is -1.26. The molecule has 0 aromatic heterocycles. The van der Waals surface area contributed by atoms with Crippen LogP contribution in [0.3, 0.4) is 0 Å². The van der Waals surface area contributed by atoms with Gasteiger partial charge in [0.1, 0.15) is 5.75 Å². The summed E-state index contributed by atoms with van der Waals surface area (Å²) in [7, 11) is 0. The van der Waals surface area contributed by atoms with Gasteiger partial charge in [-0.2, -0.15) is 0 Å². The minimum absolute atomic E-state index is 0.000694. The van der Waals surface area contributed by atoms with E-state index in [1.807, 2.05) is 4.90 Å². The van der Waals surface area contributed by atoms with Gasteiger partial charge < -0.3 is 15.3 Å². The van der Waals surface area contributed by atoms with Crippen molar-refractivity contribution in [1.82, 2.24) is 10.2 Å². The molecule has 0 saturated carbocycles. The fourth-order valence-electron chi connectivity index (χ4n) is 1.87. The second-order valence-corrected chi connectivity index (χ2v) is 4.47. The standard InChI is InChI=1S/C12H15ClN2O2/c13-10-8-9(2-3-11(10)16)12(17)15-6-1-4-14-5-7-15/h2-3,8,14,16H,1,4-7H2. The van der Waals surface area contributed by atoms with Gasteiger partial charge in [-0.25, -0.2) is 0 Å². The minimum atomic E-state index is -0.0319. The molecule has 2 rings (SSSR count). The maximum Gasteiger partial charge on any atom is 0.253 e. The summed E-state index contributed by atoms with van der Waals surface area (Å²) in [6, 6.07) is 4.56. The summed E-state index contributed by atoms with van der Waals surface area (Å²) < 4.78 is 0. The van der Waals surface area contributed by atoms with E-state index in [9.17, 15) is 9.90 Å². The van der Waals surface area contributed by atoms with Crippen LogP contribution < -0.4 is 5.32 Å². The van der Waals surface area contributed by atoms with Gasteiger partial charge in [-0.05, 0) is 31.2 Å². The number of amides is 1. The molecule has 0 radical (unpaired) electrons. The maximum atomic E-state index is 12.2. The van der Waals surface area contributed by atoms with Gasteiger partial charge in [-0.1, -0.05) is 11.6 Å². The molecule has 0 atom stereocenters. The van der Waals surface area contributed by atoms with Crippen LogP contribution in [0, 0.1) is 0 Å². The lowest BCUT2D eigenvalue weighted by molar-refractivity contribution is 0.0766. The van der Waals surface area contributed by atoms with Crippen molar-refractivity contribution in [3.05, 3.63) is 28.8 Å². The van der Waals surface area contributed by atoms with Crippen molar-refractivity contribution in [3.63, 3.8) is 0 Å². The topological polar surface area (TPSA) is 52.6 Å². The Kier molecular flexibility index (Phi) is 3.86. The molecule has 0 unspecified atom stereocenters. The molecule has 0 bridgehead atoms. The predicted octanol–water partition coefficient (Wildman–Crippen LogP) is 1.48. The highest BCUT2D eigenvalue weighted by Gasteiger charge is 2.17. The number of benzene rings is 1. The Morgan fingerprint density at radius 2 is 2.18 bits per heavy atom. The average Bonchev–Trinajstić information content (AvgIpc) is 2.60. The second kappa shape index (κ2) is 5.38. The molecule has 2 N–H and O–H groups in total. The van der Waals surface area contributed by atoms with E-state index < -0.39 is 0 Å². The lowest BCUT2D eigenvalue weighted by Gasteiger charge is -2.20. The number of aromatic hydroxyl groups is 1. The second-order valence-electron chi connectivity index (χ2n) is 4.06. The van der Waals surface area contributed by atoms with Crippen LogP contribution in [0.1, 0.15) is 16.8 Å². The molecule has 0 aliphatic carbocycles. The van der Waals surface area contributed by atoms with Crippen molar-refractivity contribution in [2.45, 2.75) is 6.42 Å². The smallest absolute Gasteiger partial charge is 0.253 e. The van der Waals surface area contributed by atoms with Gasteiger partial charge >= 0.3 is 0 Å². The van der Waals surface area contributed by atoms with E-state index in [-0.39, 0.29) is 16.7 Å². The summed E-state index contributed by atoms with van der Waals surface area (Å²) in [4.78, 5) is 14.0. The lowest BCUT2D eigenvalue weighted by atomic mass is 10.2. The first-order valence-corrected chi connectivity index (χ1v) is 6.05. The maximum absolute atomic E-state index is 12.2. The summed E-state index contributed by atoms with van der Waals surface area (Å²) in [6.45, 7) is 3.22. The minimum Gasteiger partial charge on any atom is -0.506 e. The molecule has 1 heterocycles.